The van der Waals surface area contributed by atoms with E-state index in [9.17, 15) is 19.4 Å². The Hall–Kier alpha value is -3.62. The first-order valence-electron chi connectivity index (χ1n) is 34.2. The van der Waals surface area contributed by atoms with Crippen LogP contribution in [0.2, 0.25) is 0 Å². The molecule has 0 saturated heterocycles. The van der Waals surface area contributed by atoms with Crippen molar-refractivity contribution in [2.45, 2.75) is 283 Å². The Balaban J connectivity index is 4.19. The number of nitrogens with zero attached hydrogens (tertiary/aromatic N) is 1. The van der Waals surface area contributed by atoms with Crippen LogP contribution in [0.15, 0.2) is 146 Å². The highest BCUT2D eigenvalue weighted by Gasteiger charge is 2.23. The molecular formula is C75H129N2O6P. The van der Waals surface area contributed by atoms with Gasteiger partial charge < -0.3 is 28.8 Å². The van der Waals surface area contributed by atoms with Gasteiger partial charge in [0, 0.05) is 6.42 Å². The van der Waals surface area contributed by atoms with Crippen molar-refractivity contribution in [1.29, 1.82) is 0 Å². The van der Waals surface area contributed by atoms with Crippen LogP contribution in [0.5, 0.6) is 0 Å². The van der Waals surface area contributed by atoms with Crippen LogP contribution in [0, 0.1) is 0 Å². The highest BCUT2D eigenvalue weighted by molar-refractivity contribution is 7.45. The third-order valence-electron chi connectivity index (χ3n) is 14.5. The number of nitrogens with one attached hydrogen (secondary N) is 1. The van der Waals surface area contributed by atoms with Gasteiger partial charge in [0.2, 0.25) is 5.91 Å². The number of amides is 1. The molecule has 2 N–H and O–H groups in total. The van der Waals surface area contributed by atoms with Gasteiger partial charge in [0.05, 0.1) is 39.9 Å². The Labute approximate surface area is 519 Å². The molecule has 0 heterocycles. The number of carbonyl (C=O) groups excluding carboxylic acids is 1. The molecule has 0 spiro atoms. The van der Waals surface area contributed by atoms with Crippen LogP contribution < -0.4 is 10.2 Å². The summed E-state index contributed by atoms with van der Waals surface area (Å²) in [6, 6.07) is -0.920. The van der Waals surface area contributed by atoms with Gasteiger partial charge in [-0.1, -0.05) is 301 Å². The Morgan fingerprint density at radius 1 is 0.429 bits per heavy atom. The molecule has 0 aliphatic carbocycles. The fourth-order valence-corrected chi connectivity index (χ4v) is 9.98. The maximum Gasteiger partial charge on any atom is 0.268 e. The molecule has 0 rings (SSSR count). The monoisotopic (exact) mass is 1180 g/mol. The third-order valence-corrected chi connectivity index (χ3v) is 15.5. The zero-order chi connectivity index (χ0) is 61.2. The minimum absolute atomic E-state index is 0.0149. The quantitative estimate of drug-likeness (QED) is 0.0272. The van der Waals surface area contributed by atoms with Crippen molar-refractivity contribution in [1.82, 2.24) is 5.32 Å². The number of aliphatic hydroxyl groups excluding tert-OH is 1. The first-order valence-corrected chi connectivity index (χ1v) is 35.7. The van der Waals surface area contributed by atoms with E-state index in [0.717, 1.165) is 116 Å². The van der Waals surface area contributed by atoms with E-state index < -0.39 is 26.6 Å². The van der Waals surface area contributed by atoms with Crippen LogP contribution >= 0.6 is 7.82 Å². The molecule has 0 saturated carbocycles. The van der Waals surface area contributed by atoms with Gasteiger partial charge in [0.1, 0.15) is 13.2 Å². The zero-order valence-corrected chi connectivity index (χ0v) is 55.7. The number of phosphoric ester groups is 1. The summed E-state index contributed by atoms with van der Waals surface area (Å²) < 4.78 is 23.4. The van der Waals surface area contributed by atoms with Crippen molar-refractivity contribution >= 4 is 13.7 Å². The number of phosphoric acid groups is 1. The van der Waals surface area contributed by atoms with Crippen LogP contribution in [0.4, 0.5) is 0 Å². The summed E-state index contributed by atoms with van der Waals surface area (Å²) in [6.07, 6.45) is 98.1. The molecule has 8 nitrogen and oxygen atoms in total. The average molecular weight is 1190 g/mol. The van der Waals surface area contributed by atoms with Gasteiger partial charge in [-0.15, -0.1) is 0 Å². The van der Waals surface area contributed by atoms with Crippen molar-refractivity contribution in [3.05, 3.63) is 146 Å². The van der Waals surface area contributed by atoms with E-state index in [1.54, 1.807) is 6.08 Å². The van der Waals surface area contributed by atoms with Gasteiger partial charge in [-0.05, 0) is 109 Å². The molecule has 9 heteroatoms. The minimum Gasteiger partial charge on any atom is -0.756 e. The van der Waals surface area contributed by atoms with E-state index in [1.165, 1.54) is 135 Å². The molecule has 0 aliphatic rings. The maximum atomic E-state index is 13.0. The smallest absolute Gasteiger partial charge is 0.268 e. The number of allylic oxidation sites excluding steroid dienone is 23. The fourth-order valence-electron chi connectivity index (χ4n) is 9.26. The van der Waals surface area contributed by atoms with Gasteiger partial charge in [0.25, 0.3) is 7.82 Å². The Kier molecular flexibility index (Phi) is 61.1. The largest absolute Gasteiger partial charge is 0.756 e. The number of carbonyl (C=O) groups is 1. The van der Waals surface area contributed by atoms with Crippen LogP contribution in [0.25, 0.3) is 0 Å². The maximum absolute atomic E-state index is 13.0. The van der Waals surface area contributed by atoms with Crippen molar-refractivity contribution in [3.63, 3.8) is 0 Å². The fraction of sp³-hybridized carbons (Fsp3) is 0.667. The van der Waals surface area contributed by atoms with Crippen molar-refractivity contribution < 1.29 is 32.9 Å². The predicted octanol–water partition coefficient (Wildman–Crippen LogP) is 21.4. The van der Waals surface area contributed by atoms with Gasteiger partial charge >= 0.3 is 0 Å². The van der Waals surface area contributed by atoms with Crippen molar-refractivity contribution in [2.24, 2.45) is 0 Å². The zero-order valence-electron chi connectivity index (χ0n) is 54.8. The predicted molar refractivity (Wildman–Crippen MR) is 366 cm³/mol. The van der Waals surface area contributed by atoms with Gasteiger partial charge in [-0.3, -0.25) is 9.36 Å². The number of aliphatic hydroxyl groups is 1. The molecule has 0 aromatic heterocycles. The van der Waals surface area contributed by atoms with E-state index in [2.05, 4.69) is 153 Å². The van der Waals surface area contributed by atoms with Crippen LogP contribution in [-0.2, 0) is 18.4 Å². The second-order valence-electron chi connectivity index (χ2n) is 23.8. The Morgan fingerprint density at radius 3 is 1.11 bits per heavy atom. The first kappa shape index (κ1) is 80.4. The lowest BCUT2D eigenvalue weighted by Crippen LogP contribution is -2.45. The summed E-state index contributed by atoms with van der Waals surface area (Å²) in [5.74, 6) is -0.220. The number of hydrogen-bond donors (Lipinski definition) is 2. The van der Waals surface area contributed by atoms with Crippen LogP contribution in [-0.4, -0.2) is 68.5 Å². The van der Waals surface area contributed by atoms with E-state index in [0.29, 0.717) is 17.4 Å². The van der Waals surface area contributed by atoms with Gasteiger partial charge in [-0.25, -0.2) is 0 Å². The lowest BCUT2D eigenvalue weighted by atomic mass is 10.0. The van der Waals surface area contributed by atoms with E-state index in [1.807, 2.05) is 27.2 Å². The summed E-state index contributed by atoms with van der Waals surface area (Å²) in [4.78, 5) is 25.6. The standard InChI is InChI=1S/C75H129N2O6P/c1-6-8-10-12-14-16-18-20-22-24-26-28-30-31-32-33-34-35-36-37-38-39-40-41-42-43-44-45-47-49-51-53-55-57-59-61-63-65-67-69-75(79)76-73(72-83-84(80,81)82-71-70-77(3,4)5)74(78)68-66-64-62-60-58-56-54-52-50-48-46-29-27-25-23-21-19-17-15-13-11-9-7-2/h8,10,14,16,20,22,26,28,31-32,34-35,37-38,40-41,43-44,47,49,58,60,66,68,73-74,78H,6-7,9,11-13,15,17-19,21,23-25,27,29-30,33,36,39,42,45-46,48,50-57,59,61-65,67,69-72H2,1-5H3,(H-,76,79,80,81)/b10-8-,16-14-,22-20-,28-26-,32-31-,35-34-,38-37-,41-40-,44-43-,49-47-,60-58+,68-66+. The van der Waals surface area contributed by atoms with E-state index in [4.69, 9.17) is 9.05 Å². The number of likely N-dealkylation sites (N-methyl/N-ethyl adjacent to an activating group) is 1. The van der Waals surface area contributed by atoms with Crippen LogP contribution in [0.1, 0.15) is 271 Å². The molecule has 84 heavy (non-hydrogen) atoms. The van der Waals surface area contributed by atoms with E-state index in [-0.39, 0.29) is 12.5 Å². The van der Waals surface area contributed by atoms with E-state index >= 15 is 0 Å². The molecule has 0 aliphatic heterocycles. The summed E-state index contributed by atoms with van der Waals surface area (Å²) in [5.41, 5.74) is 0. The summed E-state index contributed by atoms with van der Waals surface area (Å²) >= 11 is 0. The lowest BCUT2D eigenvalue weighted by Gasteiger charge is -2.29. The van der Waals surface area contributed by atoms with Gasteiger partial charge in [0.15, 0.2) is 0 Å². The Morgan fingerprint density at radius 2 is 0.738 bits per heavy atom. The molecule has 0 fully saturated rings. The third kappa shape index (κ3) is 65.9. The normalized spacial score (nSPS) is 14.6. The molecule has 3 unspecified atom stereocenters. The average Bonchev–Trinajstić information content (AvgIpc) is 3.56. The molecule has 0 aromatic carbocycles. The summed E-state index contributed by atoms with van der Waals surface area (Å²) in [5, 5.41) is 13.9. The highest BCUT2D eigenvalue weighted by atomic mass is 31.2. The first-order chi connectivity index (χ1) is 41.0. The topological polar surface area (TPSA) is 108 Å². The van der Waals surface area contributed by atoms with Crippen LogP contribution in [0.3, 0.4) is 0 Å². The second kappa shape index (κ2) is 63.9. The van der Waals surface area contributed by atoms with Gasteiger partial charge in [-0.2, -0.15) is 0 Å². The lowest BCUT2D eigenvalue weighted by molar-refractivity contribution is -0.870. The van der Waals surface area contributed by atoms with Crippen molar-refractivity contribution in [2.75, 3.05) is 40.9 Å². The minimum atomic E-state index is -4.62. The number of unbranched alkanes of at least 4 members (excludes halogenated alkanes) is 26. The Bertz CT molecular complexity index is 1880. The molecule has 0 bridgehead atoms. The molecule has 0 radical (unpaired) electrons. The summed E-state index contributed by atoms with van der Waals surface area (Å²) in [7, 11) is 1.22. The number of rotatable bonds is 61. The molecule has 3 atom stereocenters. The summed E-state index contributed by atoms with van der Waals surface area (Å²) in [6.45, 7) is 4.51. The molecule has 1 amide bonds. The van der Waals surface area contributed by atoms with Crippen molar-refractivity contribution in [3.8, 4) is 0 Å². The molecule has 480 valence electrons. The second-order valence-corrected chi connectivity index (χ2v) is 25.2. The highest BCUT2D eigenvalue weighted by Crippen LogP contribution is 2.38. The molecule has 0 aromatic rings. The SMILES string of the molecule is CC/C=C\C/C=C\C/C=C\C/C=C\C/C=C\C/C=C\C/C=C\C/C=C\C/C=C\C/C=C\CCCCCCCCCCC(=O)NC(COP(=O)([O-])OCC[N+](C)(C)C)C(O)/C=C/CC/C=C/CCCCCCCCCCCCCCCCCCC. The number of hydrogen-bond acceptors (Lipinski definition) is 6. The molecular weight excluding hydrogens is 1060 g/mol. The number of quaternary nitrogens is 1.